The van der Waals surface area contributed by atoms with Crippen LogP contribution in [0.3, 0.4) is 0 Å². The third kappa shape index (κ3) is 2.98. The number of rotatable bonds is 3. The topological polar surface area (TPSA) is 7.12 Å². The summed E-state index contributed by atoms with van der Waals surface area (Å²) in [5.74, 6) is 0. The molecule has 1 aromatic heterocycles. The fourth-order valence-corrected chi connectivity index (χ4v) is 1.80. The molecule has 0 unspecified atom stereocenters. The largest absolute Gasteiger partial charge is 0.378 e. The van der Waals surface area contributed by atoms with Crippen LogP contribution in [-0.2, 0) is 7.05 Å². The van der Waals surface area contributed by atoms with Gasteiger partial charge in [-0.1, -0.05) is 12.1 Å². The molecule has 0 spiro atoms. The van der Waals surface area contributed by atoms with Crippen molar-refractivity contribution in [3.63, 3.8) is 0 Å². The maximum absolute atomic E-state index is 2.18. The Morgan fingerprint density at radius 2 is 1.83 bits per heavy atom. The number of hydrogen-bond donors (Lipinski definition) is 0. The molecule has 1 heterocycles. The van der Waals surface area contributed by atoms with Gasteiger partial charge in [0.2, 0.25) is 5.69 Å². The van der Waals surface area contributed by atoms with Gasteiger partial charge in [-0.2, -0.15) is 0 Å². The Morgan fingerprint density at radius 1 is 1.00 bits per heavy atom. The Labute approximate surface area is 109 Å². The Morgan fingerprint density at radius 3 is 2.56 bits per heavy atom. The van der Waals surface area contributed by atoms with E-state index in [1.54, 1.807) is 0 Å². The van der Waals surface area contributed by atoms with Crippen molar-refractivity contribution >= 4 is 17.8 Å². The lowest BCUT2D eigenvalue weighted by Gasteiger charge is -2.12. The minimum absolute atomic E-state index is 1.19. The Hall–Kier alpha value is -2.09. The van der Waals surface area contributed by atoms with Crippen LogP contribution in [0.5, 0.6) is 0 Å². The molecule has 1 aromatic carbocycles. The van der Waals surface area contributed by atoms with E-state index in [1.807, 2.05) is 6.07 Å². The monoisotopic (exact) mass is 239 g/mol. The van der Waals surface area contributed by atoms with E-state index in [-0.39, 0.29) is 0 Å². The van der Waals surface area contributed by atoms with Gasteiger partial charge in [0.25, 0.3) is 0 Å². The zero-order valence-electron chi connectivity index (χ0n) is 11.2. The molecular formula is C16H19N2+. The van der Waals surface area contributed by atoms with Crippen LogP contribution >= 0.6 is 0 Å². The molecule has 0 bridgehead atoms. The average molecular weight is 239 g/mol. The molecule has 18 heavy (non-hydrogen) atoms. The summed E-state index contributed by atoms with van der Waals surface area (Å²) >= 11 is 0. The van der Waals surface area contributed by atoms with E-state index in [4.69, 9.17) is 0 Å². The Kier molecular flexibility index (Phi) is 3.78. The van der Waals surface area contributed by atoms with Gasteiger partial charge in [-0.15, -0.1) is 0 Å². The molecule has 2 heteroatoms. The molecule has 0 aliphatic carbocycles. The van der Waals surface area contributed by atoms with Crippen LogP contribution in [-0.4, -0.2) is 14.1 Å². The highest BCUT2D eigenvalue weighted by Gasteiger charge is 1.99. The summed E-state index contributed by atoms with van der Waals surface area (Å²) < 4.78 is 2.10. The van der Waals surface area contributed by atoms with Crippen LogP contribution in [0.1, 0.15) is 11.3 Å². The molecule has 0 amide bonds. The number of nitrogens with zero attached hydrogens (tertiary/aromatic N) is 2. The first-order chi connectivity index (χ1) is 8.66. The van der Waals surface area contributed by atoms with Crippen molar-refractivity contribution in [3.05, 3.63) is 59.9 Å². The second-order valence-electron chi connectivity index (χ2n) is 4.56. The standard InChI is InChI=1S/C16H19N2/c1-17(2)16-9-6-7-14(13-16)10-11-15-8-4-5-12-18(15)3/h4-13H,1-3H3/q+1/b11-10+. The van der Waals surface area contributed by atoms with Crippen LogP contribution in [0.4, 0.5) is 5.69 Å². The van der Waals surface area contributed by atoms with Crippen LogP contribution < -0.4 is 9.47 Å². The maximum atomic E-state index is 2.18. The molecule has 2 aromatic rings. The van der Waals surface area contributed by atoms with Crippen LogP contribution in [0.25, 0.3) is 12.2 Å². The van der Waals surface area contributed by atoms with Gasteiger partial charge in [0, 0.05) is 38.0 Å². The van der Waals surface area contributed by atoms with Crippen molar-refractivity contribution in [2.45, 2.75) is 0 Å². The number of anilines is 1. The normalized spacial score (nSPS) is 10.8. The van der Waals surface area contributed by atoms with E-state index in [0.29, 0.717) is 0 Å². The van der Waals surface area contributed by atoms with E-state index in [1.165, 1.54) is 16.9 Å². The van der Waals surface area contributed by atoms with Gasteiger partial charge in [-0.05, 0) is 29.8 Å². The van der Waals surface area contributed by atoms with Crippen LogP contribution in [0, 0.1) is 0 Å². The zero-order valence-corrected chi connectivity index (χ0v) is 11.2. The van der Waals surface area contributed by atoms with Gasteiger partial charge in [-0.25, -0.2) is 4.57 Å². The summed E-state index contributed by atoms with van der Waals surface area (Å²) in [6.07, 6.45) is 6.33. The summed E-state index contributed by atoms with van der Waals surface area (Å²) in [6, 6.07) is 14.7. The quantitative estimate of drug-likeness (QED) is 0.747. The first-order valence-corrected chi connectivity index (χ1v) is 6.07. The van der Waals surface area contributed by atoms with E-state index in [2.05, 4.69) is 85.4 Å². The summed E-state index contributed by atoms with van der Waals surface area (Å²) in [7, 11) is 6.16. The van der Waals surface area contributed by atoms with Gasteiger partial charge in [0.15, 0.2) is 6.20 Å². The Bertz CT molecular complexity index is 557. The van der Waals surface area contributed by atoms with Gasteiger partial charge < -0.3 is 4.90 Å². The predicted molar refractivity (Wildman–Crippen MR) is 77.3 cm³/mol. The minimum atomic E-state index is 1.19. The van der Waals surface area contributed by atoms with Gasteiger partial charge in [0.05, 0.1) is 0 Å². The van der Waals surface area contributed by atoms with E-state index >= 15 is 0 Å². The molecule has 0 saturated carbocycles. The first kappa shape index (κ1) is 12.4. The van der Waals surface area contributed by atoms with E-state index in [0.717, 1.165) is 0 Å². The maximum Gasteiger partial charge on any atom is 0.204 e. The number of benzene rings is 1. The molecule has 0 fully saturated rings. The highest BCUT2D eigenvalue weighted by molar-refractivity contribution is 5.69. The highest BCUT2D eigenvalue weighted by Crippen LogP contribution is 2.15. The van der Waals surface area contributed by atoms with Crippen molar-refractivity contribution in [1.82, 2.24) is 0 Å². The highest BCUT2D eigenvalue weighted by atomic mass is 15.1. The molecule has 2 nitrogen and oxygen atoms in total. The molecule has 0 radical (unpaired) electrons. The fraction of sp³-hybridized carbons (Fsp3) is 0.188. The lowest BCUT2D eigenvalue weighted by Crippen LogP contribution is -2.30. The molecule has 0 aliphatic heterocycles. The lowest BCUT2D eigenvalue weighted by atomic mass is 10.1. The molecule has 0 aliphatic rings. The molecule has 0 saturated heterocycles. The summed E-state index contributed by atoms with van der Waals surface area (Å²) in [5, 5.41) is 0. The van der Waals surface area contributed by atoms with Gasteiger partial charge in [0.1, 0.15) is 7.05 Å². The molecule has 92 valence electrons. The third-order valence-corrected chi connectivity index (χ3v) is 2.93. The average Bonchev–Trinajstić information content (AvgIpc) is 2.38. The van der Waals surface area contributed by atoms with E-state index in [9.17, 15) is 0 Å². The molecule has 0 atom stereocenters. The molecule has 0 N–H and O–H groups in total. The first-order valence-electron chi connectivity index (χ1n) is 6.07. The van der Waals surface area contributed by atoms with Gasteiger partial charge >= 0.3 is 0 Å². The minimum Gasteiger partial charge on any atom is -0.378 e. The second-order valence-corrected chi connectivity index (χ2v) is 4.56. The molecule has 2 rings (SSSR count). The predicted octanol–water partition coefficient (Wildman–Crippen LogP) is 2.75. The van der Waals surface area contributed by atoms with Gasteiger partial charge in [-0.3, -0.25) is 0 Å². The van der Waals surface area contributed by atoms with Crippen LogP contribution in [0.2, 0.25) is 0 Å². The van der Waals surface area contributed by atoms with E-state index < -0.39 is 0 Å². The number of aryl methyl sites for hydroxylation is 1. The summed E-state index contributed by atoms with van der Waals surface area (Å²) in [6.45, 7) is 0. The van der Waals surface area contributed by atoms with Crippen molar-refractivity contribution in [2.75, 3.05) is 19.0 Å². The van der Waals surface area contributed by atoms with Crippen molar-refractivity contribution in [3.8, 4) is 0 Å². The Balaban J connectivity index is 2.24. The number of aromatic nitrogens is 1. The zero-order chi connectivity index (χ0) is 13.0. The van der Waals surface area contributed by atoms with Crippen LogP contribution in [0.15, 0.2) is 48.7 Å². The number of pyridine rings is 1. The number of hydrogen-bond acceptors (Lipinski definition) is 1. The molecular weight excluding hydrogens is 220 g/mol. The second kappa shape index (κ2) is 5.50. The smallest absolute Gasteiger partial charge is 0.204 e. The fourth-order valence-electron chi connectivity index (χ4n) is 1.80. The summed E-state index contributed by atoms with van der Waals surface area (Å²) in [5.41, 5.74) is 3.62. The van der Waals surface area contributed by atoms with Crippen molar-refractivity contribution in [2.24, 2.45) is 7.05 Å². The lowest BCUT2D eigenvalue weighted by molar-refractivity contribution is -0.673. The summed E-state index contributed by atoms with van der Waals surface area (Å²) in [4.78, 5) is 2.11. The SMILES string of the molecule is CN(C)c1cccc(/C=C/c2cccc[n+]2C)c1. The third-order valence-electron chi connectivity index (χ3n) is 2.93. The van der Waals surface area contributed by atoms with Crippen molar-refractivity contribution in [1.29, 1.82) is 0 Å². The van der Waals surface area contributed by atoms with Crippen molar-refractivity contribution < 1.29 is 4.57 Å².